The highest BCUT2D eigenvalue weighted by Crippen LogP contribution is 2.24. The Morgan fingerprint density at radius 1 is 0.507 bits per heavy atom. The molecule has 0 bridgehead atoms. The lowest BCUT2D eigenvalue weighted by Crippen LogP contribution is -2.50. The van der Waals surface area contributed by atoms with E-state index in [2.05, 4.69) is 17.6 Å². The van der Waals surface area contributed by atoms with E-state index in [9.17, 15) is 29.1 Å². The van der Waals surface area contributed by atoms with Crippen molar-refractivity contribution >= 4 is 75.4 Å². The van der Waals surface area contributed by atoms with Crippen LogP contribution in [0.2, 0.25) is 0 Å². The van der Waals surface area contributed by atoms with Crippen LogP contribution in [-0.4, -0.2) is 68.5 Å². The van der Waals surface area contributed by atoms with Crippen LogP contribution in [0.15, 0.2) is 161 Å². The number of ether oxygens (including phenoxy) is 2. The summed E-state index contributed by atoms with van der Waals surface area (Å²) in [7, 11) is 0. The molecule has 7 rings (SSSR count). The largest absolute Gasteiger partial charge is 0.465 e. The highest BCUT2D eigenvalue weighted by atomic mass is 32.1. The minimum Gasteiger partial charge on any atom is -0.465 e. The van der Waals surface area contributed by atoms with Crippen LogP contribution in [0.5, 0.6) is 0 Å². The Morgan fingerprint density at radius 2 is 0.945 bits per heavy atom. The molecule has 73 heavy (non-hydrogen) atoms. The fraction of sp³-hybridized carbons (Fsp3) is 0.304. The molecule has 0 saturated carbocycles. The Morgan fingerprint density at radius 3 is 1.37 bits per heavy atom. The Kier molecular flexibility index (Phi) is 23.5. The SMILES string of the molecule is CCCC[C@H](NC(=O)OCc1ccccc1)C(=O)N(Cc1cccs1)Cc1cccs1.O=C(NCCCC[C@@H](C(=O)N(Cc1cccs1)Cc1cccs1)N(Cc1ccccc1)C(=O)O)OCc1ccccc1. The Balaban J connectivity index is 0.000000249. The van der Waals surface area contributed by atoms with Gasteiger partial charge in [0.15, 0.2) is 0 Å². The minimum atomic E-state index is -1.15. The molecular formula is C56H63N5O8S4. The zero-order valence-electron chi connectivity index (χ0n) is 40.9. The molecule has 3 aromatic carbocycles. The number of alkyl carbamates (subject to hydrolysis) is 2. The molecule has 0 fully saturated rings. The van der Waals surface area contributed by atoms with Gasteiger partial charge < -0.3 is 35.0 Å². The average Bonchev–Trinajstić information content (AvgIpc) is 4.29. The van der Waals surface area contributed by atoms with Crippen LogP contribution in [0, 0.1) is 0 Å². The Bertz CT molecular complexity index is 2570. The van der Waals surface area contributed by atoms with Crippen LogP contribution in [-0.2, 0) is 65.0 Å². The third-order valence-electron chi connectivity index (χ3n) is 11.5. The van der Waals surface area contributed by atoms with Crippen LogP contribution in [0.4, 0.5) is 14.4 Å². The second kappa shape index (κ2) is 30.9. The molecule has 0 aliphatic rings. The molecule has 3 N–H and O–H groups in total. The van der Waals surface area contributed by atoms with E-state index in [1.54, 1.807) is 50.2 Å². The van der Waals surface area contributed by atoms with E-state index in [1.165, 1.54) is 4.90 Å². The number of carbonyl (C=O) groups is 5. The summed E-state index contributed by atoms with van der Waals surface area (Å²) in [6.07, 6.45) is 1.59. The highest BCUT2D eigenvalue weighted by Gasteiger charge is 2.33. The number of hydrogen-bond donors (Lipinski definition) is 3. The third-order valence-corrected chi connectivity index (χ3v) is 14.9. The number of thiophene rings is 4. The van der Waals surface area contributed by atoms with Crippen molar-refractivity contribution in [2.75, 3.05) is 6.54 Å². The first kappa shape index (κ1) is 55.5. The quantitative estimate of drug-likeness (QED) is 0.0452. The topological polar surface area (TPSA) is 158 Å². The van der Waals surface area contributed by atoms with Gasteiger partial charge in [-0.3, -0.25) is 14.5 Å². The molecule has 7 aromatic rings. The number of carbonyl (C=O) groups excluding carboxylic acids is 4. The molecule has 2 atom stereocenters. The first-order valence-electron chi connectivity index (χ1n) is 24.3. The molecular weight excluding hydrogens is 999 g/mol. The molecule has 5 amide bonds. The van der Waals surface area contributed by atoms with E-state index in [0.717, 1.165) is 49.0 Å². The molecule has 13 nitrogen and oxygen atoms in total. The summed E-state index contributed by atoms with van der Waals surface area (Å²) in [6, 6.07) is 42.7. The second-order valence-corrected chi connectivity index (χ2v) is 21.1. The van der Waals surface area contributed by atoms with Crippen LogP contribution < -0.4 is 10.6 Å². The summed E-state index contributed by atoms with van der Waals surface area (Å²) in [5.41, 5.74) is 2.62. The van der Waals surface area contributed by atoms with Crippen molar-refractivity contribution in [2.45, 2.75) is 103 Å². The molecule has 0 radical (unpaired) electrons. The third kappa shape index (κ3) is 19.6. The van der Waals surface area contributed by atoms with Gasteiger partial charge in [-0.2, -0.15) is 0 Å². The van der Waals surface area contributed by atoms with Crippen LogP contribution in [0.25, 0.3) is 0 Å². The van der Waals surface area contributed by atoms with Gasteiger partial charge in [-0.15, -0.1) is 45.3 Å². The first-order valence-corrected chi connectivity index (χ1v) is 27.8. The van der Waals surface area contributed by atoms with Gasteiger partial charge in [-0.1, -0.05) is 135 Å². The summed E-state index contributed by atoms with van der Waals surface area (Å²) >= 11 is 6.39. The molecule has 4 aromatic heterocycles. The number of nitrogens with zero attached hydrogens (tertiary/aromatic N) is 3. The standard InChI is InChI=1S/C32H35N3O5S2.C24H28N2O3S2/c36-30(34(22-27-15-9-19-41-27)23-28-16-10-20-42-28)29(35(32(38)39)21-25-11-3-1-4-12-25)17-7-8-18-33-31(37)40-24-26-13-5-2-6-14-26;1-2-3-13-22(25-24(28)29-18-19-9-5-4-6-10-19)23(27)26(16-20-11-7-14-30-20)17-21-12-8-15-31-21/h1-6,9-16,19-20,29H,7-8,17-18,21-24H2,(H,33,37)(H,38,39);4-12,14-15,22H,2-3,13,16-18H2,1H3,(H,25,28)/t29-;22-/m00/s1. The van der Waals surface area contributed by atoms with Crippen molar-refractivity contribution in [3.05, 3.63) is 197 Å². The van der Waals surface area contributed by atoms with Gasteiger partial charge in [-0.25, -0.2) is 14.4 Å². The van der Waals surface area contributed by atoms with Crippen LogP contribution >= 0.6 is 45.3 Å². The van der Waals surface area contributed by atoms with Gasteiger partial charge in [0.1, 0.15) is 25.3 Å². The number of carboxylic acid groups (broad SMARTS) is 1. The number of amides is 5. The lowest BCUT2D eigenvalue weighted by molar-refractivity contribution is -0.138. The van der Waals surface area contributed by atoms with E-state index < -0.39 is 30.4 Å². The maximum absolute atomic E-state index is 14.2. The van der Waals surface area contributed by atoms with E-state index in [-0.39, 0.29) is 31.6 Å². The molecule has 0 saturated heterocycles. The Hall–Kier alpha value is -6.79. The van der Waals surface area contributed by atoms with Crippen molar-refractivity contribution in [1.82, 2.24) is 25.3 Å². The second-order valence-electron chi connectivity index (χ2n) is 17.0. The highest BCUT2D eigenvalue weighted by molar-refractivity contribution is 7.10. The summed E-state index contributed by atoms with van der Waals surface area (Å²) in [4.78, 5) is 73.9. The maximum atomic E-state index is 14.2. The predicted molar refractivity (Wildman–Crippen MR) is 291 cm³/mol. The van der Waals surface area contributed by atoms with Crippen molar-refractivity contribution in [3.63, 3.8) is 0 Å². The summed E-state index contributed by atoms with van der Waals surface area (Å²) < 4.78 is 10.6. The molecule has 17 heteroatoms. The fourth-order valence-electron chi connectivity index (χ4n) is 7.72. The minimum absolute atomic E-state index is 0.0769. The fourth-order valence-corrected chi connectivity index (χ4v) is 10.6. The zero-order chi connectivity index (χ0) is 51.5. The lowest BCUT2D eigenvalue weighted by Gasteiger charge is -2.33. The normalized spacial score (nSPS) is 11.5. The van der Waals surface area contributed by atoms with Crippen LogP contribution in [0.3, 0.4) is 0 Å². The smallest absolute Gasteiger partial charge is 0.408 e. The van der Waals surface area contributed by atoms with Gasteiger partial charge in [0, 0.05) is 32.6 Å². The number of benzene rings is 3. The van der Waals surface area contributed by atoms with E-state index in [0.29, 0.717) is 58.4 Å². The lowest BCUT2D eigenvalue weighted by atomic mass is 10.0. The molecule has 0 unspecified atom stereocenters. The summed E-state index contributed by atoms with van der Waals surface area (Å²) in [6.45, 7) is 4.74. The van der Waals surface area contributed by atoms with Gasteiger partial charge in [-0.05, 0) is 88.2 Å². The van der Waals surface area contributed by atoms with Gasteiger partial charge in [0.05, 0.1) is 26.2 Å². The van der Waals surface area contributed by atoms with Crippen molar-refractivity contribution in [2.24, 2.45) is 0 Å². The van der Waals surface area contributed by atoms with Crippen LogP contribution in [0.1, 0.15) is 81.6 Å². The molecule has 0 aliphatic heterocycles. The first-order chi connectivity index (χ1) is 35.6. The van der Waals surface area contributed by atoms with E-state index >= 15 is 0 Å². The maximum Gasteiger partial charge on any atom is 0.408 e. The monoisotopic (exact) mass is 1060 g/mol. The predicted octanol–water partition coefficient (Wildman–Crippen LogP) is 12.8. The van der Waals surface area contributed by atoms with Crippen molar-refractivity contribution in [1.29, 1.82) is 0 Å². The molecule has 4 heterocycles. The van der Waals surface area contributed by atoms with Crippen molar-refractivity contribution in [3.8, 4) is 0 Å². The Labute approximate surface area is 444 Å². The zero-order valence-corrected chi connectivity index (χ0v) is 44.2. The molecule has 384 valence electrons. The summed E-state index contributed by atoms with van der Waals surface area (Å²) in [5, 5.41) is 23.8. The van der Waals surface area contributed by atoms with Gasteiger partial charge in [0.2, 0.25) is 11.8 Å². The molecule has 0 spiro atoms. The van der Waals surface area contributed by atoms with E-state index in [1.807, 2.05) is 166 Å². The van der Waals surface area contributed by atoms with Gasteiger partial charge in [0.25, 0.3) is 0 Å². The summed E-state index contributed by atoms with van der Waals surface area (Å²) in [5.74, 6) is -0.308. The average molecular weight is 1060 g/mol. The number of hydrogen-bond acceptors (Lipinski definition) is 11. The van der Waals surface area contributed by atoms with E-state index in [4.69, 9.17) is 9.47 Å². The number of nitrogens with one attached hydrogen (secondary N) is 2. The van der Waals surface area contributed by atoms with Gasteiger partial charge >= 0.3 is 18.3 Å². The number of unbranched alkanes of at least 4 members (excludes halogenated alkanes) is 2. The number of rotatable bonds is 26. The molecule has 0 aliphatic carbocycles. The van der Waals surface area contributed by atoms with Crippen molar-refractivity contribution < 1.29 is 38.6 Å².